The van der Waals surface area contributed by atoms with Crippen molar-refractivity contribution in [1.82, 2.24) is 0 Å². The van der Waals surface area contributed by atoms with E-state index in [0.29, 0.717) is 11.1 Å². The summed E-state index contributed by atoms with van der Waals surface area (Å²) in [5, 5.41) is 29.5. The lowest BCUT2D eigenvalue weighted by Crippen LogP contribution is -2.12. The lowest BCUT2D eigenvalue weighted by atomic mass is 10.0. The second kappa shape index (κ2) is 33.8. The summed E-state index contributed by atoms with van der Waals surface area (Å²) in [4.78, 5) is 23.7. The standard InChI is InChI=1S/2C32H25N3.C31H25N3O2/c1-34(31-16-8-10-25(22-31)24-33)28-18-20-30(21-19-28)35(29-14-6-3-7-15-29)32-17-9-13-27(23-32)26-11-4-2-5-12-26;1-34(28-17-15-25(24-33)16-18-28)29-19-21-31(22-20-29)35(30-12-6-3-7-13-30)32-14-8-11-27(23-32)26-9-4-2-5-10-26;1-32(29-15-9-17-31(23-29)34(35)36)26-18-20-28(21-19-26)33(27-13-6-3-7-14-27)30-16-8-12-25(22-30)24-10-4-2-5-11-24/h2*2-23H,1H3;2-23H,1H3. The van der Waals surface area contributed by atoms with Gasteiger partial charge in [-0.1, -0.05) is 194 Å². The van der Waals surface area contributed by atoms with E-state index < -0.39 is 0 Å². The van der Waals surface area contributed by atoms with Gasteiger partial charge in [0.25, 0.3) is 5.69 Å². The zero-order valence-corrected chi connectivity index (χ0v) is 58.9. The topological polar surface area (TPSA) is 110 Å². The van der Waals surface area contributed by atoms with Crippen LogP contribution in [0, 0.1) is 32.8 Å². The molecule has 0 aliphatic carbocycles. The van der Waals surface area contributed by atoms with Crippen molar-refractivity contribution in [2.75, 3.05) is 50.5 Å². The smallest absolute Gasteiger partial charge is 0.271 e. The molecule has 0 heterocycles. The minimum Gasteiger partial charge on any atom is -0.345 e. The number of hydrogen-bond donors (Lipinski definition) is 0. The molecule has 0 N–H and O–H groups in total. The van der Waals surface area contributed by atoms with E-state index in [1.807, 2.05) is 153 Å². The van der Waals surface area contributed by atoms with Crippen LogP contribution >= 0.6 is 0 Å². The van der Waals surface area contributed by atoms with E-state index in [9.17, 15) is 15.4 Å². The minimum atomic E-state index is -0.373. The van der Waals surface area contributed by atoms with Crippen LogP contribution < -0.4 is 29.4 Å². The maximum atomic E-state index is 11.2. The molecular formula is C95H75N9O2. The summed E-state index contributed by atoms with van der Waals surface area (Å²) in [7, 11) is 5.96. The number of nitrogens with zero attached hydrogens (tertiary/aromatic N) is 9. The van der Waals surface area contributed by atoms with Gasteiger partial charge in [0.1, 0.15) is 0 Å². The fraction of sp³-hybridized carbons (Fsp3) is 0.0316. The Hall–Kier alpha value is -14.5. The molecule has 0 fully saturated rings. The minimum absolute atomic E-state index is 0.0736. The number of para-hydroxylation sites is 3. The van der Waals surface area contributed by atoms with E-state index in [1.54, 1.807) is 12.1 Å². The highest BCUT2D eigenvalue weighted by Crippen LogP contribution is 2.42. The Morgan fingerprint density at radius 2 is 0.462 bits per heavy atom. The van der Waals surface area contributed by atoms with Gasteiger partial charge in [-0.15, -0.1) is 0 Å². The molecule has 106 heavy (non-hydrogen) atoms. The molecule has 0 atom stereocenters. The van der Waals surface area contributed by atoms with Crippen molar-refractivity contribution in [3.05, 3.63) is 422 Å². The Balaban J connectivity index is 0.000000141. The number of non-ortho nitro benzene ring substituents is 1. The van der Waals surface area contributed by atoms with E-state index >= 15 is 0 Å². The van der Waals surface area contributed by atoms with Crippen molar-refractivity contribution < 1.29 is 4.92 Å². The summed E-state index contributed by atoms with van der Waals surface area (Å²) in [6.45, 7) is 0. The van der Waals surface area contributed by atoms with E-state index in [2.05, 4.69) is 291 Å². The summed E-state index contributed by atoms with van der Waals surface area (Å²) < 4.78 is 0. The van der Waals surface area contributed by atoms with Crippen molar-refractivity contribution in [3.63, 3.8) is 0 Å². The maximum Gasteiger partial charge on any atom is 0.271 e. The fourth-order valence-corrected chi connectivity index (χ4v) is 12.7. The molecule has 15 rings (SSSR count). The van der Waals surface area contributed by atoms with E-state index in [1.165, 1.54) is 33.9 Å². The summed E-state index contributed by atoms with van der Waals surface area (Å²) in [5.41, 5.74) is 24.0. The van der Waals surface area contributed by atoms with Gasteiger partial charge in [0, 0.05) is 119 Å². The Bertz CT molecular complexity index is 5450. The van der Waals surface area contributed by atoms with E-state index in [4.69, 9.17) is 5.26 Å². The first-order valence-corrected chi connectivity index (χ1v) is 34.8. The molecule has 512 valence electrons. The molecule has 0 radical (unpaired) electrons. The Morgan fingerprint density at radius 3 is 0.783 bits per heavy atom. The van der Waals surface area contributed by atoms with Crippen molar-refractivity contribution >= 4 is 91.0 Å². The predicted octanol–water partition coefficient (Wildman–Crippen LogP) is 25.4. The van der Waals surface area contributed by atoms with Gasteiger partial charge >= 0.3 is 0 Å². The molecule has 15 aromatic carbocycles. The molecule has 0 aromatic heterocycles. The molecule has 11 nitrogen and oxygen atoms in total. The molecule has 0 unspecified atom stereocenters. The van der Waals surface area contributed by atoms with Crippen molar-refractivity contribution in [2.24, 2.45) is 0 Å². The molecule has 0 saturated carbocycles. The molecule has 0 bridgehead atoms. The first-order chi connectivity index (χ1) is 52.0. The van der Waals surface area contributed by atoms with Crippen LogP contribution in [0.2, 0.25) is 0 Å². The second-order valence-corrected chi connectivity index (χ2v) is 25.1. The average molecular weight is 1370 g/mol. The molecule has 11 heteroatoms. The number of hydrogen-bond acceptors (Lipinski definition) is 10. The van der Waals surface area contributed by atoms with Crippen LogP contribution in [0.25, 0.3) is 33.4 Å². The second-order valence-electron chi connectivity index (χ2n) is 25.1. The quantitative estimate of drug-likeness (QED) is 0.0573. The van der Waals surface area contributed by atoms with Crippen LogP contribution in [0.1, 0.15) is 11.1 Å². The third kappa shape index (κ3) is 16.9. The first kappa shape index (κ1) is 69.9. The number of nitro benzene ring substituents is 1. The van der Waals surface area contributed by atoms with Crippen LogP contribution in [-0.2, 0) is 0 Å². The summed E-state index contributed by atoms with van der Waals surface area (Å²) in [6.07, 6.45) is 0. The predicted molar refractivity (Wildman–Crippen MR) is 439 cm³/mol. The zero-order valence-electron chi connectivity index (χ0n) is 58.9. The number of rotatable bonds is 19. The molecular weight excluding hydrogens is 1300 g/mol. The van der Waals surface area contributed by atoms with Crippen molar-refractivity contribution in [1.29, 1.82) is 10.5 Å². The molecule has 0 spiro atoms. The lowest BCUT2D eigenvalue weighted by molar-refractivity contribution is -0.384. The number of anilines is 15. The summed E-state index contributed by atoms with van der Waals surface area (Å²) >= 11 is 0. The van der Waals surface area contributed by atoms with Gasteiger partial charge in [0.2, 0.25) is 0 Å². The largest absolute Gasteiger partial charge is 0.345 e. The van der Waals surface area contributed by atoms with Crippen LogP contribution in [0.3, 0.4) is 0 Å². The van der Waals surface area contributed by atoms with Gasteiger partial charge in [-0.2, -0.15) is 10.5 Å². The molecule has 0 saturated heterocycles. The highest BCUT2D eigenvalue weighted by atomic mass is 16.6. The third-order valence-corrected chi connectivity index (χ3v) is 18.3. The van der Waals surface area contributed by atoms with Gasteiger partial charge in [0.05, 0.1) is 28.2 Å². The van der Waals surface area contributed by atoms with Gasteiger partial charge in [-0.25, -0.2) is 0 Å². The summed E-state index contributed by atoms with van der Waals surface area (Å²) in [5.74, 6) is 0. The van der Waals surface area contributed by atoms with Crippen LogP contribution in [0.4, 0.5) is 91.0 Å². The van der Waals surface area contributed by atoms with Crippen LogP contribution in [0.15, 0.2) is 400 Å². The van der Waals surface area contributed by atoms with E-state index in [-0.39, 0.29) is 10.6 Å². The molecule has 0 amide bonds. The monoisotopic (exact) mass is 1370 g/mol. The zero-order chi connectivity index (χ0) is 73.0. The van der Waals surface area contributed by atoms with Crippen LogP contribution in [-0.4, -0.2) is 26.1 Å². The fourth-order valence-electron chi connectivity index (χ4n) is 12.7. The highest BCUT2D eigenvalue weighted by molar-refractivity contribution is 5.85. The lowest BCUT2D eigenvalue weighted by Gasteiger charge is -2.27. The highest BCUT2D eigenvalue weighted by Gasteiger charge is 2.19. The Morgan fingerprint density at radius 1 is 0.226 bits per heavy atom. The first-order valence-electron chi connectivity index (χ1n) is 34.8. The molecule has 0 aliphatic rings. The van der Waals surface area contributed by atoms with E-state index in [0.717, 1.165) is 90.9 Å². The number of benzene rings is 15. The Labute approximate surface area is 620 Å². The van der Waals surface area contributed by atoms with Crippen LogP contribution in [0.5, 0.6) is 0 Å². The van der Waals surface area contributed by atoms with Crippen molar-refractivity contribution in [3.8, 4) is 45.5 Å². The number of nitro groups is 1. The van der Waals surface area contributed by atoms with Crippen molar-refractivity contribution in [2.45, 2.75) is 0 Å². The van der Waals surface area contributed by atoms with Gasteiger partial charge < -0.3 is 29.4 Å². The number of nitriles is 2. The molecule has 0 aliphatic heterocycles. The Kier molecular flexibility index (Phi) is 22.3. The normalized spacial score (nSPS) is 10.5. The molecule has 15 aromatic rings. The van der Waals surface area contributed by atoms with Gasteiger partial charge in [-0.3, -0.25) is 10.1 Å². The van der Waals surface area contributed by atoms with Gasteiger partial charge in [0.15, 0.2) is 0 Å². The third-order valence-electron chi connectivity index (χ3n) is 18.3. The SMILES string of the molecule is CN(c1ccc(C#N)cc1)c1ccc(N(c2ccccc2)c2cccc(-c3ccccc3)c2)cc1.CN(c1ccc(N(c2ccccc2)c2cccc(-c3ccccc3)c2)cc1)c1cccc(C#N)c1.CN(c1ccc(N(c2ccccc2)c2cccc(-c3ccccc3)c2)cc1)c1cccc([N+](=O)[O-])c1. The average Bonchev–Trinajstić information content (AvgIpc) is 0.805. The van der Waals surface area contributed by atoms with Gasteiger partial charge in [-0.05, 0) is 228 Å². The summed E-state index contributed by atoms with van der Waals surface area (Å²) in [6, 6.07) is 140. The maximum absolute atomic E-state index is 11.2.